The molecule has 2 heterocycles. The number of nitrogens with zero attached hydrogens (tertiary/aromatic N) is 2. The summed E-state index contributed by atoms with van der Waals surface area (Å²) in [5.41, 5.74) is 0.384. The molecule has 0 N–H and O–H groups in total. The van der Waals surface area contributed by atoms with Crippen LogP contribution in [0.1, 0.15) is 11.3 Å². The highest BCUT2D eigenvalue weighted by atomic mass is 35.5. The Balaban J connectivity index is 2.01. The monoisotopic (exact) mass is 410 g/mol. The highest BCUT2D eigenvalue weighted by molar-refractivity contribution is 7.89. The van der Waals surface area contributed by atoms with E-state index in [9.17, 15) is 12.8 Å². The Morgan fingerprint density at radius 1 is 1.22 bits per heavy atom. The first-order valence-electron chi connectivity index (χ1n) is 7.86. The van der Waals surface area contributed by atoms with Gasteiger partial charge in [0, 0.05) is 18.3 Å². The second-order valence-electron chi connectivity index (χ2n) is 5.63. The highest BCUT2D eigenvalue weighted by Gasteiger charge is 2.27. The molecule has 0 bridgehead atoms. The number of rotatable bonds is 7. The van der Waals surface area contributed by atoms with Gasteiger partial charge in [-0.05, 0) is 42.5 Å². The van der Waals surface area contributed by atoms with Crippen molar-refractivity contribution >= 4 is 21.6 Å². The first-order valence-corrected chi connectivity index (χ1v) is 9.68. The normalized spacial score (nSPS) is 11.7. The molecule has 3 aromatic rings. The summed E-state index contributed by atoms with van der Waals surface area (Å²) in [6, 6.07) is 10.0. The first-order chi connectivity index (χ1) is 12.9. The van der Waals surface area contributed by atoms with E-state index in [2.05, 4.69) is 4.98 Å². The number of hydrogen-bond acceptors (Lipinski definition) is 5. The van der Waals surface area contributed by atoms with Crippen LogP contribution in [0.3, 0.4) is 0 Å². The van der Waals surface area contributed by atoms with Gasteiger partial charge in [0.25, 0.3) is 0 Å². The summed E-state index contributed by atoms with van der Waals surface area (Å²) in [5, 5.41) is 0.179. The minimum Gasteiger partial charge on any atom is -0.496 e. The summed E-state index contributed by atoms with van der Waals surface area (Å²) in [6.07, 6.45) is 2.63. The van der Waals surface area contributed by atoms with Gasteiger partial charge in [-0.25, -0.2) is 17.8 Å². The molecule has 6 nitrogen and oxygen atoms in total. The summed E-state index contributed by atoms with van der Waals surface area (Å²) in [7, 11) is -2.52. The maximum Gasteiger partial charge on any atom is 0.245 e. The van der Waals surface area contributed by atoms with E-state index in [0.717, 1.165) is 4.31 Å². The molecule has 0 saturated carbocycles. The van der Waals surface area contributed by atoms with Gasteiger partial charge in [-0.15, -0.1) is 0 Å². The average Bonchev–Trinajstić information content (AvgIpc) is 3.15. The third-order valence-corrected chi connectivity index (χ3v) is 5.84. The Hall–Kier alpha value is -2.42. The van der Waals surface area contributed by atoms with Crippen LogP contribution in [-0.4, -0.2) is 24.8 Å². The van der Waals surface area contributed by atoms with Crippen LogP contribution in [0.2, 0.25) is 5.15 Å². The van der Waals surface area contributed by atoms with E-state index in [4.69, 9.17) is 20.8 Å². The van der Waals surface area contributed by atoms with E-state index in [1.165, 1.54) is 49.9 Å². The Bertz CT molecular complexity index is 1010. The van der Waals surface area contributed by atoms with E-state index in [0.29, 0.717) is 17.1 Å². The minimum absolute atomic E-state index is 0.0335. The van der Waals surface area contributed by atoms with Crippen LogP contribution < -0.4 is 4.74 Å². The van der Waals surface area contributed by atoms with Crippen LogP contribution in [0.15, 0.2) is 64.2 Å². The third-order valence-electron chi connectivity index (χ3n) is 3.84. The fourth-order valence-corrected chi connectivity index (χ4v) is 3.97. The van der Waals surface area contributed by atoms with Crippen LogP contribution >= 0.6 is 11.6 Å². The van der Waals surface area contributed by atoms with Gasteiger partial charge in [0.05, 0.1) is 19.9 Å². The van der Waals surface area contributed by atoms with Crippen molar-refractivity contribution in [2.24, 2.45) is 0 Å². The second-order valence-corrected chi connectivity index (χ2v) is 7.95. The molecule has 0 saturated heterocycles. The lowest BCUT2D eigenvalue weighted by atomic mass is 10.2. The van der Waals surface area contributed by atoms with Crippen molar-refractivity contribution in [1.29, 1.82) is 0 Å². The van der Waals surface area contributed by atoms with Crippen molar-refractivity contribution < 1.29 is 22.0 Å². The van der Waals surface area contributed by atoms with Gasteiger partial charge in [-0.3, -0.25) is 0 Å². The summed E-state index contributed by atoms with van der Waals surface area (Å²) < 4.78 is 51.6. The number of methoxy groups -OCH3 is 1. The number of pyridine rings is 1. The van der Waals surface area contributed by atoms with Crippen molar-refractivity contribution in [3.8, 4) is 5.75 Å². The largest absolute Gasteiger partial charge is 0.496 e. The summed E-state index contributed by atoms with van der Waals surface area (Å²) in [4.78, 5) is 3.80. The quantitative estimate of drug-likeness (QED) is 0.553. The number of benzene rings is 1. The molecule has 0 atom stereocenters. The lowest BCUT2D eigenvalue weighted by molar-refractivity contribution is 0.347. The predicted molar refractivity (Wildman–Crippen MR) is 97.3 cm³/mol. The molecule has 0 fully saturated rings. The number of hydrogen-bond donors (Lipinski definition) is 0. The number of sulfonamides is 1. The Kier molecular flexibility index (Phi) is 5.79. The number of halogens is 2. The Morgan fingerprint density at radius 3 is 2.67 bits per heavy atom. The third kappa shape index (κ3) is 4.47. The molecule has 0 unspecified atom stereocenters. The zero-order chi connectivity index (χ0) is 19.4. The smallest absolute Gasteiger partial charge is 0.245 e. The number of aromatic nitrogens is 1. The van der Waals surface area contributed by atoms with Gasteiger partial charge in [-0.1, -0.05) is 11.6 Å². The molecular formula is C18H16ClFN2O4S. The molecular weight excluding hydrogens is 395 g/mol. The first kappa shape index (κ1) is 19.3. The van der Waals surface area contributed by atoms with E-state index in [1.807, 2.05) is 0 Å². The van der Waals surface area contributed by atoms with Crippen molar-refractivity contribution in [2.45, 2.75) is 18.0 Å². The van der Waals surface area contributed by atoms with Crippen molar-refractivity contribution in [2.75, 3.05) is 7.11 Å². The minimum atomic E-state index is -3.96. The molecule has 0 aliphatic rings. The standard InChI is InChI=1S/C18H16ClFN2O4S/c1-25-17-6-4-14(20)9-13(17)11-22(12-15-3-2-8-26-15)27(23,24)16-5-7-18(19)21-10-16/h2-10H,11-12H2,1H3. The topological polar surface area (TPSA) is 72.6 Å². The van der Waals surface area contributed by atoms with Gasteiger partial charge in [0.1, 0.15) is 27.4 Å². The fourth-order valence-electron chi connectivity index (χ4n) is 2.53. The molecule has 1 aromatic carbocycles. The molecule has 142 valence electrons. The predicted octanol–water partition coefficient (Wildman–Crippen LogP) is 3.87. The Labute approximate surface area is 161 Å². The van der Waals surface area contributed by atoms with E-state index < -0.39 is 15.8 Å². The summed E-state index contributed by atoms with van der Waals surface area (Å²) in [6.45, 7) is -0.162. The van der Waals surface area contributed by atoms with Crippen LogP contribution in [0.5, 0.6) is 5.75 Å². The Morgan fingerprint density at radius 2 is 2.04 bits per heavy atom. The van der Waals surface area contributed by atoms with E-state index in [-0.39, 0.29) is 23.1 Å². The molecule has 0 aliphatic carbocycles. The second kappa shape index (κ2) is 8.08. The lowest BCUT2D eigenvalue weighted by Gasteiger charge is -2.22. The fraction of sp³-hybridized carbons (Fsp3) is 0.167. The highest BCUT2D eigenvalue weighted by Crippen LogP contribution is 2.26. The maximum absolute atomic E-state index is 13.7. The van der Waals surface area contributed by atoms with E-state index >= 15 is 0 Å². The molecule has 0 amide bonds. The molecule has 9 heteroatoms. The number of furan rings is 1. The zero-order valence-electron chi connectivity index (χ0n) is 14.3. The summed E-state index contributed by atoms with van der Waals surface area (Å²) in [5.74, 6) is 0.329. The van der Waals surface area contributed by atoms with Crippen LogP contribution in [0.4, 0.5) is 4.39 Å². The van der Waals surface area contributed by atoms with Gasteiger partial charge >= 0.3 is 0 Å². The average molecular weight is 411 g/mol. The van der Waals surface area contributed by atoms with Gasteiger partial charge in [0.2, 0.25) is 10.0 Å². The van der Waals surface area contributed by atoms with Crippen LogP contribution in [-0.2, 0) is 23.1 Å². The SMILES string of the molecule is COc1ccc(F)cc1CN(Cc1ccco1)S(=O)(=O)c1ccc(Cl)nc1. The van der Waals surface area contributed by atoms with Crippen molar-refractivity contribution in [1.82, 2.24) is 9.29 Å². The molecule has 2 aromatic heterocycles. The number of ether oxygens (including phenoxy) is 1. The molecule has 0 aliphatic heterocycles. The van der Waals surface area contributed by atoms with Gasteiger partial charge in [0.15, 0.2) is 0 Å². The summed E-state index contributed by atoms with van der Waals surface area (Å²) >= 11 is 5.75. The van der Waals surface area contributed by atoms with Crippen molar-refractivity contribution in [3.63, 3.8) is 0 Å². The zero-order valence-corrected chi connectivity index (χ0v) is 15.9. The van der Waals surface area contributed by atoms with Gasteiger partial charge in [-0.2, -0.15) is 4.31 Å². The molecule has 0 spiro atoms. The van der Waals surface area contributed by atoms with Crippen LogP contribution in [0, 0.1) is 5.82 Å². The van der Waals surface area contributed by atoms with Crippen molar-refractivity contribution in [3.05, 3.63) is 77.2 Å². The molecule has 0 radical (unpaired) electrons. The molecule has 27 heavy (non-hydrogen) atoms. The maximum atomic E-state index is 13.7. The van der Waals surface area contributed by atoms with E-state index in [1.54, 1.807) is 12.1 Å². The lowest BCUT2D eigenvalue weighted by Crippen LogP contribution is -2.30. The molecule has 3 rings (SSSR count). The van der Waals surface area contributed by atoms with Crippen LogP contribution in [0.25, 0.3) is 0 Å². The van der Waals surface area contributed by atoms with Gasteiger partial charge < -0.3 is 9.15 Å².